The first-order valence-electron chi connectivity index (χ1n) is 8.59. The smallest absolute Gasteiger partial charge is 0.203 e. The van der Waals surface area contributed by atoms with Crippen LogP contribution in [0, 0.1) is 0 Å². The average Bonchev–Trinajstić information content (AvgIpc) is 3.18. The molecule has 0 bridgehead atoms. The number of nitrogens with zero attached hydrogens (tertiary/aromatic N) is 1. The first-order chi connectivity index (χ1) is 13.1. The summed E-state index contributed by atoms with van der Waals surface area (Å²) >= 11 is 0. The summed E-state index contributed by atoms with van der Waals surface area (Å²) in [4.78, 5) is 4.54. The molecule has 1 heterocycles. The van der Waals surface area contributed by atoms with Gasteiger partial charge in [0.05, 0.1) is 34.1 Å². The molecule has 0 saturated heterocycles. The summed E-state index contributed by atoms with van der Waals surface area (Å²) in [6, 6.07) is 7.47. The van der Waals surface area contributed by atoms with Gasteiger partial charge < -0.3 is 29.3 Å². The lowest BCUT2D eigenvalue weighted by Crippen LogP contribution is -2.32. The fourth-order valence-electron chi connectivity index (χ4n) is 2.40. The van der Waals surface area contributed by atoms with Gasteiger partial charge in [-0.1, -0.05) is 12.2 Å². The molecule has 0 aliphatic carbocycles. The topological polar surface area (TPSA) is 77.3 Å². The number of ether oxygens (including phenoxy) is 3. The van der Waals surface area contributed by atoms with Crippen LogP contribution in [0.25, 0.3) is 0 Å². The molecule has 0 atom stereocenters. The molecule has 0 amide bonds. The van der Waals surface area contributed by atoms with E-state index in [1.165, 1.54) is 0 Å². The van der Waals surface area contributed by atoms with E-state index in [1.807, 2.05) is 31.2 Å². The number of hydrogen-bond donors (Lipinski definition) is 2. The number of guanidine groups is 1. The van der Waals surface area contributed by atoms with Gasteiger partial charge >= 0.3 is 0 Å². The first kappa shape index (κ1) is 23.7. The van der Waals surface area contributed by atoms with Crippen molar-refractivity contribution in [3.8, 4) is 17.2 Å². The molecule has 0 spiro atoms. The van der Waals surface area contributed by atoms with Crippen molar-refractivity contribution < 1.29 is 18.6 Å². The minimum Gasteiger partial charge on any atom is -0.493 e. The number of hydrogen-bond acceptors (Lipinski definition) is 5. The molecule has 0 fully saturated rings. The molecule has 0 unspecified atom stereocenters. The Morgan fingerprint density at radius 3 is 2.32 bits per heavy atom. The highest BCUT2D eigenvalue weighted by Gasteiger charge is 2.14. The third-order valence-electron chi connectivity index (χ3n) is 3.68. The zero-order valence-corrected chi connectivity index (χ0v) is 19.0. The number of rotatable bonds is 9. The predicted octanol–water partition coefficient (Wildman–Crippen LogP) is 4.10. The Morgan fingerprint density at radius 1 is 1.14 bits per heavy atom. The van der Waals surface area contributed by atoms with Crippen LogP contribution in [0.5, 0.6) is 17.2 Å². The van der Waals surface area contributed by atoms with Crippen LogP contribution in [0.2, 0.25) is 0 Å². The maximum atomic E-state index is 5.40. The van der Waals surface area contributed by atoms with Gasteiger partial charge in [0.2, 0.25) is 5.75 Å². The van der Waals surface area contributed by atoms with E-state index in [4.69, 9.17) is 18.6 Å². The summed E-state index contributed by atoms with van der Waals surface area (Å²) in [5, 5.41) is 6.56. The van der Waals surface area contributed by atoms with Crippen LogP contribution in [-0.2, 0) is 6.42 Å². The summed E-state index contributed by atoms with van der Waals surface area (Å²) in [6.07, 6.45) is 2.41. The molecule has 1 aromatic carbocycles. The summed E-state index contributed by atoms with van der Waals surface area (Å²) in [6.45, 7) is 7.01. The van der Waals surface area contributed by atoms with Crippen molar-refractivity contribution in [2.45, 2.75) is 13.3 Å². The van der Waals surface area contributed by atoms with Gasteiger partial charge in [-0.25, -0.2) is 4.99 Å². The van der Waals surface area contributed by atoms with Crippen molar-refractivity contribution in [1.82, 2.24) is 5.32 Å². The summed E-state index contributed by atoms with van der Waals surface area (Å²) < 4.78 is 21.5. The second-order valence-electron chi connectivity index (χ2n) is 5.92. The monoisotopic (exact) mass is 501 g/mol. The van der Waals surface area contributed by atoms with Crippen LogP contribution in [-0.4, -0.2) is 40.4 Å². The van der Waals surface area contributed by atoms with Gasteiger partial charge in [0.25, 0.3) is 0 Å². The van der Waals surface area contributed by atoms with Crippen LogP contribution in [0.15, 0.2) is 52.1 Å². The normalized spacial score (nSPS) is 10.6. The van der Waals surface area contributed by atoms with Crippen molar-refractivity contribution in [3.05, 3.63) is 48.4 Å². The lowest BCUT2D eigenvalue weighted by Gasteiger charge is -2.17. The minimum absolute atomic E-state index is 0. The molecule has 0 aliphatic heterocycles. The van der Waals surface area contributed by atoms with Gasteiger partial charge in [-0.2, -0.15) is 0 Å². The number of halogens is 1. The molecule has 2 rings (SSSR count). The van der Waals surface area contributed by atoms with E-state index in [2.05, 4.69) is 22.2 Å². The third kappa shape index (κ3) is 6.99. The Kier molecular flexibility index (Phi) is 10.3. The zero-order chi connectivity index (χ0) is 19.6. The van der Waals surface area contributed by atoms with E-state index in [-0.39, 0.29) is 24.0 Å². The zero-order valence-electron chi connectivity index (χ0n) is 16.7. The summed E-state index contributed by atoms with van der Waals surface area (Å²) in [5.74, 6) is 3.20. The molecule has 0 saturated carbocycles. The van der Waals surface area contributed by atoms with Crippen molar-refractivity contribution in [1.29, 1.82) is 0 Å². The number of nitrogens with one attached hydrogen (secondary N) is 2. The third-order valence-corrected chi connectivity index (χ3v) is 3.68. The van der Waals surface area contributed by atoms with Crippen LogP contribution in [0.4, 0.5) is 5.69 Å². The van der Waals surface area contributed by atoms with Crippen LogP contribution < -0.4 is 24.8 Å². The Hall–Kier alpha value is -2.36. The summed E-state index contributed by atoms with van der Waals surface area (Å²) in [7, 11) is 4.74. The molecule has 7 nitrogen and oxygen atoms in total. The Morgan fingerprint density at radius 2 is 1.82 bits per heavy atom. The fraction of sp³-hybridized carbons (Fsp3) is 0.350. The lowest BCUT2D eigenvalue weighted by atomic mass is 10.2. The number of benzene rings is 1. The molecule has 8 heteroatoms. The van der Waals surface area contributed by atoms with Gasteiger partial charge in [-0.15, -0.1) is 24.0 Å². The Balaban J connectivity index is 0.00000392. The summed E-state index contributed by atoms with van der Waals surface area (Å²) in [5.41, 5.74) is 1.72. The van der Waals surface area contributed by atoms with E-state index < -0.39 is 0 Å². The number of anilines is 1. The molecular weight excluding hydrogens is 473 g/mol. The molecule has 0 aliphatic rings. The van der Waals surface area contributed by atoms with E-state index >= 15 is 0 Å². The SMILES string of the molecule is C=C(C)CN=C(NCCc1ccco1)Nc1cc(OC)c(OC)c(OC)c1.I. The van der Waals surface area contributed by atoms with E-state index in [9.17, 15) is 0 Å². The first-order valence-corrected chi connectivity index (χ1v) is 8.59. The molecule has 28 heavy (non-hydrogen) atoms. The maximum Gasteiger partial charge on any atom is 0.203 e. The minimum atomic E-state index is 0. The second-order valence-corrected chi connectivity index (χ2v) is 5.92. The molecule has 2 N–H and O–H groups in total. The molecule has 154 valence electrons. The molecule has 0 radical (unpaired) electrons. The van der Waals surface area contributed by atoms with Crippen molar-refractivity contribution in [2.24, 2.45) is 4.99 Å². The number of aliphatic imine (C=N–C) groups is 1. The predicted molar refractivity (Wildman–Crippen MR) is 123 cm³/mol. The second kappa shape index (κ2) is 12.2. The van der Waals surface area contributed by atoms with E-state index in [0.29, 0.717) is 36.3 Å². The van der Waals surface area contributed by atoms with Gasteiger partial charge in [0, 0.05) is 30.8 Å². The molecule has 2 aromatic rings. The van der Waals surface area contributed by atoms with Crippen LogP contribution in [0.3, 0.4) is 0 Å². The largest absolute Gasteiger partial charge is 0.493 e. The quantitative estimate of drug-likeness (QED) is 0.233. The lowest BCUT2D eigenvalue weighted by molar-refractivity contribution is 0.324. The maximum absolute atomic E-state index is 5.40. The van der Waals surface area contributed by atoms with Crippen LogP contribution in [0.1, 0.15) is 12.7 Å². The Bertz CT molecular complexity index is 751. The van der Waals surface area contributed by atoms with Crippen LogP contribution >= 0.6 is 24.0 Å². The van der Waals surface area contributed by atoms with Gasteiger partial charge in [0.15, 0.2) is 17.5 Å². The molecular formula is C20H28IN3O4. The van der Waals surface area contributed by atoms with E-state index in [1.54, 1.807) is 27.6 Å². The highest BCUT2D eigenvalue weighted by molar-refractivity contribution is 14.0. The Labute approximate surface area is 183 Å². The van der Waals surface area contributed by atoms with Crippen molar-refractivity contribution >= 4 is 35.6 Å². The van der Waals surface area contributed by atoms with Gasteiger partial charge in [-0.3, -0.25) is 0 Å². The van der Waals surface area contributed by atoms with Crippen molar-refractivity contribution in [2.75, 3.05) is 39.7 Å². The number of furan rings is 1. The highest BCUT2D eigenvalue weighted by Crippen LogP contribution is 2.39. The fourth-order valence-corrected chi connectivity index (χ4v) is 2.40. The van der Waals surface area contributed by atoms with Gasteiger partial charge in [-0.05, 0) is 19.1 Å². The number of methoxy groups -OCH3 is 3. The van der Waals surface area contributed by atoms with Crippen molar-refractivity contribution in [3.63, 3.8) is 0 Å². The van der Waals surface area contributed by atoms with Gasteiger partial charge in [0.1, 0.15) is 5.76 Å². The van der Waals surface area contributed by atoms with E-state index in [0.717, 1.165) is 23.4 Å². The standard InChI is InChI=1S/C20H27N3O4.HI/c1-14(2)13-22-20(21-9-8-16-7-6-10-27-16)23-15-11-17(24-3)19(26-5)18(12-15)25-4;/h6-7,10-12H,1,8-9,13H2,2-5H3,(H2,21,22,23);1H. The average molecular weight is 501 g/mol. The molecule has 1 aromatic heterocycles. The highest BCUT2D eigenvalue weighted by atomic mass is 127.